The van der Waals surface area contributed by atoms with E-state index in [2.05, 4.69) is 43.1 Å². The fourth-order valence-electron chi connectivity index (χ4n) is 2.25. The van der Waals surface area contributed by atoms with Gasteiger partial charge in [0.25, 0.3) is 0 Å². The lowest BCUT2D eigenvalue weighted by Gasteiger charge is -2.23. The molecule has 0 amide bonds. The number of pyridine rings is 1. The van der Waals surface area contributed by atoms with E-state index < -0.39 is 0 Å². The van der Waals surface area contributed by atoms with Crippen molar-refractivity contribution in [1.82, 2.24) is 10.3 Å². The minimum atomic E-state index is 0.907. The van der Waals surface area contributed by atoms with E-state index in [0.717, 1.165) is 37.1 Å². The third kappa shape index (κ3) is 3.70. The van der Waals surface area contributed by atoms with Gasteiger partial charge in [0.1, 0.15) is 5.82 Å². The third-order valence-electron chi connectivity index (χ3n) is 3.46. The first-order valence-corrected chi connectivity index (χ1v) is 7.16. The van der Waals surface area contributed by atoms with Crippen molar-refractivity contribution in [3.05, 3.63) is 23.4 Å². The van der Waals surface area contributed by atoms with Crippen LogP contribution in [-0.2, 0) is 6.54 Å². The molecule has 0 aromatic carbocycles. The number of rotatable bonds is 7. The summed E-state index contributed by atoms with van der Waals surface area (Å²) in [7, 11) is 0. The van der Waals surface area contributed by atoms with E-state index in [4.69, 9.17) is 4.98 Å². The first-order chi connectivity index (χ1) is 8.72. The maximum atomic E-state index is 4.69. The molecule has 0 atom stereocenters. The van der Waals surface area contributed by atoms with Crippen molar-refractivity contribution < 1.29 is 0 Å². The summed E-state index contributed by atoms with van der Waals surface area (Å²) in [5, 5.41) is 3.38. The first kappa shape index (κ1) is 13.3. The predicted molar refractivity (Wildman–Crippen MR) is 77.0 cm³/mol. The molecule has 3 nitrogen and oxygen atoms in total. The van der Waals surface area contributed by atoms with E-state index >= 15 is 0 Å². The minimum Gasteiger partial charge on any atom is -0.357 e. The smallest absolute Gasteiger partial charge is 0.129 e. The lowest BCUT2D eigenvalue weighted by Crippen LogP contribution is -2.26. The third-order valence-corrected chi connectivity index (χ3v) is 3.46. The molecule has 1 aromatic heterocycles. The van der Waals surface area contributed by atoms with Crippen molar-refractivity contribution in [2.24, 2.45) is 5.92 Å². The summed E-state index contributed by atoms with van der Waals surface area (Å²) < 4.78 is 0. The van der Waals surface area contributed by atoms with Crippen LogP contribution in [0.5, 0.6) is 0 Å². The van der Waals surface area contributed by atoms with E-state index in [1.807, 2.05) is 0 Å². The van der Waals surface area contributed by atoms with Gasteiger partial charge in [-0.25, -0.2) is 4.98 Å². The highest BCUT2D eigenvalue weighted by atomic mass is 15.2. The number of hydrogen-bond donors (Lipinski definition) is 1. The van der Waals surface area contributed by atoms with E-state index in [9.17, 15) is 0 Å². The molecule has 0 spiro atoms. The Labute approximate surface area is 111 Å². The average Bonchev–Trinajstić information content (AvgIpc) is 3.16. The Kier molecular flexibility index (Phi) is 4.59. The summed E-state index contributed by atoms with van der Waals surface area (Å²) in [6.07, 6.45) is 2.79. The zero-order valence-electron chi connectivity index (χ0n) is 11.9. The van der Waals surface area contributed by atoms with Gasteiger partial charge in [0.2, 0.25) is 0 Å². The van der Waals surface area contributed by atoms with Gasteiger partial charge >= 0.3 is 0 Å². The lowest BCUT2D eigenvalue weighted by molar-refractivity contribution is 0.713. The van der Waals surface area contributed by atoms with Crippen molar-refractivity contribution in [1.29, 1.82) is 0 Å². The molecular weight excluding hydrogens is 222 g/mol. The molecule has 1 fully saturated rings. The highest BCUT2D eigenvalue weighted by molar-refractivity contribution is 5.42. The summed E-state index contributed by atoms with van der Waals surface area (Å²) in [5.74, 6) is 2.06. The Morgan fingerprint density at radius 1 is 1.33 bits per heavy atom. The number of aryl methyl sites for hydroxylation is 1. The zero-order chi connectivity index (χ0) is 13.0. The molecule has 1 aliphatic rings. The van der Waals surface area contributed by atoms with Crippen LogP contribution in [-0.4, -0.2) is 24.6 Å². The van der Waals surface area contributed by atoms with E-state index in [0.29, 0.717) is 0 Å². The molecule has 0 bridgehead atoms. The quantitative estimate of drug-likeness (QED) is 0.803. The molecule has 1 N–H and O–H groups in total. The Balaban J connectivity index is 2.10. The lowest BCUT2D eigenvalue weighted by atomic mass is 10.2. The summed E-state index contributed by atoms with van der Waals surface area (Å²) >= 11 is 0. The number of nitrogens with zero attached hydrogens (tertiary/aromatic N) is 2. The fraction of sp³-hybridized carbons (Fsp3) is 0.667. The molecule has 0 unspecified atom stereocenters. The highest BCUT2D eigenvalue weighted by Crippen LogP contribution is 2.31. The Hall–Kier alpha value is -1.09. The van der Waals surface area contributed by atoms with Gasteiger partial charge in [-0.05, 0) is 56.8 Å². The molecule has 18 heavy (non-hydrogen) atoms. The number of hydrogen-bond acceptors (Lipinski definition) is 3. The molecular formula is C15H25N3. The second-order valence-corrected chi connectivity index (χ2v) is 5.24. The first-order valence-electron chi connectivity index (χ1n) is 7.16. The topological polar surface area (TPSA) is 28.2 Å². The Morgan fingerprint density at radius 2 is 2.11 bits per heavy atom. The molecule has 0 aliphatic heterocycles. The van der Waals surface area contributed by atoms with E-state index in [1.54, 1.807) is 0 Å². The van der Waals surface area contributed by atoms with Crippen LogP contribution in [0.1, 0.15) is 37.9 Å². The van der Waals surface area contributed by atoms with Gasteiger partial charge in [0, 0.05) is 25.3 Å². The molecule has 1 saturated carbocycles. The summed E-state index contributed by atoms with van der Waals surface area (Å²) in [6.45, 7) is 10.6. The maximum Gasteiger partial charge on any atom is 0.129 e. The van der Waals surface area contributed by atoms with Crippen molar-refractivity contribution in [3.8, 4) is 0 Å². The van der Waals surface area contributed by atoms with Gasteiger partial charge in [-0.15, -0.1) is 0 Å². The van der Waals surface area contributed by atoms with Crippen molar-refractivity contribution in [2.75, 3.05) is 24.5 Å². The van der Waals surface area contributed by atoms with Crippen LogP contribution in [0.15, 0.2) is 12.1 Å². The molecule has 3 heteroatoms. The monoisotopic (exact) mass is 247 g/mol. The number of anilines is 1. The van der Waals surface area contributed by atoms with Gasteiger partial charge in [0.15, 0.2) is 0 Å². The standard InChI is InChI=1S/C15H25N3/c1-4-16-10-14-8-12(3)17-15(9-14)18(5-2)11-13-6-7-13/h8-9,13,16H,4-7,10-11H2,1-3H3. The van der Waals surface area contributed by atoms with E-state index in [-0.39, 0.29) is 0 Å². The molecule has 1 heterocycles. The van der Waals surface area contributed by atoms with Crippen molar-refractivity contribution in [3.63, 3.8) is 0 Å². The van der Waals surface area contributed by atoms with Crippen LogP contribution in [0.4, 0.5) is 5.82 Å². The molecule has 2 rings (SSSR count). The highest BCUT2D eigenvalue weighted by Gasteiger charge is 2.24. The van der Waals surface area contributed by atoms with Gasteiger partial charge in [0.05, 0.1) is 0 Å². The Morgan fingerprint density at radius 3 is 2.72 bits per heavy atom. The van der Waals surface area contributed by atoms with Crippen LogP contribution in [0.3, 0.4) is 0 Å². The van der Waals surface area contributed by atoms with E-state index in [1.165, 1.54) is 24.9 Å². The van der Waals surface area contributed by atoms with Crippen LogP contribution < -0.4 is 10.2 Å². The minimum absolute atomic E-state index is 0.907. The fourth-order valence-corrected chi connectivity index (χ4v) is 2.25. The van der Waals surface area contributed by atoms with Crippen LogP contribution in [0.2, 0.25) is 0 Å². The molecule has 0 radical (unpaired) electrons. The number of nitrogens with one attached hydrogen (secondary N) is 1. The van der Waals surface area contributed by atoms with Gasteiger partial charge < -0.3 is 10.2 Å². The average molecular weight is 247 g/mol. The predicted octanol–water partition coefficient (Wildman–Crippen LogP) is 2.74. The Bertz CT molecular complexity index is 385. The molecule has 0 saturated heterocycles. The summed E-state index contributed by atoms with van der Waals surface area (Å²) in [4.78, 5) is 7.11. The summed E-state index contributed by atoms with van der Waals surface area (Å²) in [6, 6.07) is 4.42. The van der Waals surface area contributed by atoms with Gasteiger partial charge in [-0.2, -0.15) is 0 Å². The van der Waals surface area contributed by atoms with Crippen LogP contribution in [0.25, 0.3) is 0 Å². The SMILES string of the molecule is CCNCc1cc(C)nc(N(CC)CC2CC2)c1. The second kappa shape index (κ2) is 6.19. The van der Waals surface area contributed by atoms with Gasteiger partial charge in [-0.1, -0.05) is 6.92 Å². The van der Waals surface area contributed by atoms with Crippen LogP contribution >= 0.6 is 0 Å². The van der Waals surface area contributed by atoms with Gasteiger partial charge in [-0.3, -0.25) is 0 Å². The largest absolute Gasteiger partial charge is 0.357 e. The molecule has 100 valence electrons. The van der Waals surface area contributed by atoms with Crippen LogP contribution in [0, 0.1) is 12.8 Å². The molecule has 1 aromatic rings. The maximum absolute atomic E-state index is 4.69. The molecule has 1 aliphatic carbocycles. The normalized spacial score (nSPS) is 14.8. The van der Waals surface area contributed by atoms with Crippen molar-refractivity contribution >= 4 is 5.82 Å². The second-order valence-electron chi connectivity index (χ2n) is 5.24. The summed E-state index contributed by atoms with van der Waals surface area (Å²) in [5.41, 5.74) is 2.46. The number of aromatic nitrogens is 1. The van der Waals surface area contributed by atoms with Crippen molar-refractivity contribution in [2.45, 2.75) is 40.2 Å². The zero-order valence-corrected chi connectivity index (χ0v) is 11.9.